The van der Waals surface area contributed by atoms with Crippen molar-refractivity contribution < 1.29 is 22.2 Å². The summed E-state index contributed by atoms with van der Waals surface area (Å²) in [6.07, 6.45) is 0. The molecule has 2 amide bonds. The lowest BCUT2D eigenvalue weighted by molar-refractivity contribution is -0.114. The molecule has 3 N–H and O–H groups in total. The normalized spacial score (nSPS) is 10.8. The molecule has 7 nitrogen and oxygen atoms in total. The Balaban J connectivity index is 2.29. The fraction of sp³-hybridized carbons (Fsp3) is 0.0667. The third kappa shape index (κ3) is 4.07. The summed E-state index contributed by atoms with van der Waals surface area (Å²) in [5.41, 5.74) is 5.60. The lowest BCUT2D eigenvalue weighted by Crippen LogP contribution is -2.16. The molecular formula is C15H14N2O5S. The zero-order valence-corrected chi connectivity index (χ0v) is 13.0. The van der Waals surface area contributed by atoms with Crippen LogP contribution in [0.2, 0.25) is 0 Å². The van der Waals surface area contributed by atoms with Gasteiger partial charge in [0.15, 0.2) is 5.75 Å². The lowest BCUT2D eigenvalue weighted by Gasteiger charge is -2.10. The van der Waals surface area contributed by atoms with E-state index in [2.05, 4.69) is 5.32 Å². The van der Waals surface area contributed by atoms with Crippen LogP contribution in [0.3, 0.4) is 0 Å². The van der Waals surface area contributed by atoms with Crippen molar-refractivity contribution in [2.24, 2.45) is 5.73 Å². The van der Waals surface area contributed by atoms with Crippen LogP contribution >= 0.6 is 0 Å². The summed E-state index contributed by atoms with van der Waals surface area (Å²) in [6, 6.07) is 11.2. The maximum absolute atomic E-state index is 12.2. The summed E-state index contributed by atoms with van der Waals surface area (Å²) in [7, 11) is -4.14. The predicted octanol–water partition coefficient (Wildman–Crippen LogP) is 1.51. The summed E-state index contributed by atoms with van der Waals surface area (Å²) in [5.74, 6) is -1.21. The maximum Gasteiger partial charge on any atom is 0.339 e. The summed E-state index contributed by atoms with van der Waals surface area (Å²) < 4.78 is 29.5. The van der Waals surface area contributed by atoms with E-state index in [4.69, 9.17) is 9.92 Å². The van der Waals surface area contributed by atoms with E-state index in [-0.39, 0.29) is 22.1 Å². The van der Waals surface area contributed by atoms with Crippen molar-refractivity contribution in [2.45, 2.75) is 11.8 Å². The molecule has 0 aliphatic heterocycles. The number of benzene rings is 2. The van der Waals surface area contributed by atoms with Gasteiger partial charge in [0, 0.05) is 12.6 Å². The number of hydrogen-bond acceptors (Lipinski definition) is 5. The van der Waals surface area contributed by atoms with Crippen LogP contribution in [-0.2, 0) is 14.9 Å². The first-order valence-corrected chi connectivity index (χ1v) is 7.91. The fourth-order valence-electron chi connectivity index (χ4n) is 1.82. The van der Waals surface area contributed by atoms with E-state index in [1.54, 1.807) is 6.07 Å². The monoisotopic (exact) mass is 334 g/mol. The molecule has 0 radical (unpaired) electrons. The number of primary amides is 1. The summed E-state index contributed by atoms with van der Waals surface area (Å²) in [4.78, 5) is 22.1. The first-order valence-electron chi connectivity index (χ1n) is 6.50. The molecule has 2 aromatic rings. The van der Waals surface area contributed by atoms with Crippen LogP contribution in [0.25, 0.3) is 0 Å². The number of carbonyl (C=O) groups is 2. The molecule has 0 bridgehead atoms. The minimum absolute atomic E-state index is 0.0362. The van der Waals surface area contributed by atoms with E-state index in [9.17, 15) is 18.0 Å². The number of nitrogens with two attached hydrogens (primary N) is 1. The van der Waals surface area contributed by atoms with Crippen LogP contribution in [-0.4, -0.2) is 20.2 Å². The van der Waals surface area contributed by atoms with E-state index in [0.29, 0.717) is 5.69 Å². The Morgan fingerprint density at radius 1 is 1.04 bits per heavy atom. The summed E-state index contributed by atoms with van der Waals surface area (Å²) in [5, 5.41) is 2.52. The van der Waals surface area contributed by atoms with Crippen LogP contribution in [0, 0.1) is 0 Å². The number of hydrogen-bond donors (Lipinski definition) is 2. The molecule has 0 heterocycles. The van der Waals surface area contributed by atoms with Gasteiger partial charge in [0.2, 0.25) is 5.91 Å². The number of nitrogens with one attached hydrogen (secondary N) is 1. The molecule has 8 heteroatoms. The predicted molar refractivity (Wildman–Crippen MR) is 83.5 cm³/mol. The van der Waals surface area contributed by atoms with Gasteiger partial charge in [-0.05, 0) is 36.4 Å². The van der Waals surface area contributed by atoms with Crippen LogP contribution in [0.15, 0.2) is 53.4 Å². The summed E-state index contributed by atoms with van der Waals surface area (Å²) in [6.45, 7) is 1.34. The molecule has 2 aromatic carbocycles. The standard InChI is InChI=1S/C15H14N2O5S/c1-10(18)17-11-6-8-12(9-7-11)23(20,21)22-14-5-3-2-4-13(14)15(16)19/h2-9H,1H3,(H2,16,19)(H,17,18). The lowest BCUT2D eigenvalue weighted by atomic mass is 10.2. The smallest absolute Gasteiger partial charge is 0.339 e. The maximum atomic E-state index is 12.2. The zero-order chi connectivity index (χ0) is 17.0. The second-order valence-corrected chi connectivity index (χ2v) is 6.15. The highest BCUT2D eigenvalue weighted by atomic mass is 32.2. The molecule has 0 saturated carbocycles. The van der Waals surface area contributed by atoms with Gasteiger partial charge in [-0.2, -0.15) is 8.42 Å². The van der Waals surface area contributed by atoms with Gasteiger partial charge in [0.1, 0.15) is 4.90 Å². The second-order valence-electron chi connectivity index (χ2n) is 4.60. The topological polar surface area (TPSA) is 116 Å². The van der Waals surface area contributed by atoms with Crippen LogP contribution in [0.4, 0.5) is 5.69 Å². The molecule has 0 fully saturated rings. The second kappa shape index (κ2) is 6.49. The Kier molecular flexibility index (Phi) is 4.65. The van der Waals surface area contributed by atoms with Crippen molar-refractivity contribution in [2.75, 3.05) is 5.32 Å². The Hall–Kier alpha value is -2.87. The van der Waals surface area contributed by atoms with Crippen molar-refractivity contribution in [3.05, 3.63) is 54.1 Å². The number of rotatable bonds is 5. The van der Waals surface area contributed by atoms with Crippen LogP contribution in [0.1, 0.15) is 17.3 Å². The molecular weight excluding hydrogens is 320 g/mol. The minimum Gasteiger partial charge on any atom is -0.378 e. The molecule has 0 atom stereocenters. The quantitative estimate of drug-likeness (QED) is 0.804. The van der Waals surface area contributed by atoms with Crippen molar-refractivity contribution in [3.8, 4) is 5.75 Å². The highest BCUT2D eigenvalue weighted by Gasteiger charge is 2.20. The Labute approximate surface area is 133 Å². The van der Waals surface area contributed by atoms with Crippen LogP contribution < -0.4 is 15.2 Å². The number of anilines is 1. The average Bonchev–Trinajstić information content (AvgIpc) is 2.47. The van der Waals surface area contributed by atoms with E-state index in [1.165, 1.54) is 49.4 Å². The SMILES string of the molecule is CC(=O)Nc1ccc(S(=O)(=O)Oc2ccccc2C(N)=O)cc1. The third-order valence-corrected chi connectivity index (χ3v) is 4.06. The van der Waals surface area contributed by atoms with Gasteiger partial charge in [0.05, 0.1) is 5.56 Å². The minimum atomic E-state index is -4.14. The van der Waals surface area contributed by atoms with Gasteiger partial charge in [0.25, 0.3) is 5.91 Å². The molecule has 120 valence electrons. The van der Waals surface area contributed by atoms with Gasteiger partial charge in [-0.15, -0.1) is 0 Å². The highest BCUT2D eigenvalue weighted by Crippen LogP contribution is 2.23. The molecule has 0 saturated heterocycles. The van der Waals surface area contributed by atoms with E-state index >= 15 is 0 Å². The van der Waals surface area contributed by atoms with Crippen LogP contribution in [0.5, 0.6) is 5.75 Å². The van der Waals surface area contributed by atoms with Gasteiger partial charge in [-0.3, -0.25) is 9.59 Å². The summed E-state index contributed by atoms with van der Waals surface area (Å²) >= 11 is 0. The molecule has 0 spiro atoms. The Morgan fingerprint density at radius 3 is 2.22 bits per heavy atom. The molecule has 0 unspecified atom stereocenters. The number of amides is 2. The molecule has 2 rings (SSSR count). The zero-order valence-electron chi connectivity index (χ0n) is 12.1. The highest BCUT2D eigenvalue weighted by molar-refractivity contribution is 7.87. The Morgan fingerprint density at radius 2 is 1.65 bits per heavy atom. The van der Waals surface area contributed by atoms with Crippen molar-refractivity contribution >= 4 is 27.6 Å². The Bertz CT molecular complexity index is 844. The molecule has 23 heavy (non-hydrogen) atoms. The van der Waals surface area contributed by atoms with E-state index < -0.39 is 16.0 Å². The van der Waals surface area contributed by atoms with Gasteiger partial charge in [-0.1, -0.05) is 12.1 Å². The fourth-order valence-corrected chi connectivity index (χ4v) is 2.76. The molecule has 0 aliphatic carbocycles. The number of para-hydroxylation sites is 1. The average molecular weight is 334 g/mol. The molecule has 0 aromatic heterocycles. The first-order chi connectivity index (χ1) is 10.8. The third-order valence-electron chi connectivity index (χ3n) is 2.82. The van der Waals surface area contributed by atoms with E-state index in [0.717, 1.165) is 0 Å². The first kappa shape index (κ1) is 16.5. The molecule has 0 aliphatic rings. The largest absolute Gasteiger partial charge is 0.378 e. The van der Waals surface area contributed by atoms with E-state index in [1.807, 2.05) is 0 Å². The van der Waals surface area contributed by atoms with Crippen molar-refractivity contribution in [1.29, 1.82) is 0 Å². The number of carbonyl (C=O) groups excluding carboxylic acids is 2. The van der Waals surface area contributed by atoms with Crippen molar-refractivity contribution in [1.82, 2.24) is 0 Å². The van der Waals surface area contributed by atoms with Gasteiger partial charge in [-0.25, -0.2) is 0 Å². The van der Waals surface area contributed by atoms with Gasteiger partial charge < -0.3 is 15.2 Å². The van der Waals surface area contributed by atoms with Gasteiger partial charge >= 0.3 is 10.1 Å². The van der Waals surface area contributed by atoms with Crippen molar-refractivity contribution in [3.63, 3.8) is 0 Å².